The lowest BCUT2D eigenvalue weighted by Crippen LogP contribution is -2.58. The molecule has 0 aliphatic heterocycles. The van der Waals surface area contributed by atoms with E-state index in [0.717, 1.165) is 19.3 Å². The van der Waals surface area contributed by atoms with Gasteiger partial charge < -0.3 is 16.3 Å². The van der Waals surface area contributed by atoms with Gasteiger partial charge in [0.2, 0.25) is 0 Å². The zero-order valence-electron chi connectivity index (χ0n) is 11.4. The van der Waals surface area contributed by atoms with E-state index in [1.807, 2.05) is 0 Å². The van der Waals surface area contributed by atoms with E-state index in [1.165, 1.54) is 18.2 Å². The standard InChI is InChI=1S/C14H17BrFN3O2/c15-9-4-5-11(16)10(8-9)12(20)18-14(13(17)19-21)6-2-1-3-7-14/h4-5,8,21H,1-3,6-7H2,(H2,17,19)(H,18,20). The predicted octanol–water partition coefficient (Wildman–Crippen LogP) is 2.77. The highest BCUT2D eigenvalue weighted by Crippen LogP contribution is 2.29. The molecule has 7 heteroatoms. The molecule has 114 valence electrons. The number of hydrogen-bond acceptors (Lipinski definition) is 3. The van der Waals surface area contributed by atoms with Gasteiger partial charge >= 0.3 is 0 Å². The third-order valence-electron chi connectivity index (χ3n) is 3.83. The summed E-state index contributed by atoms with van der Waals surface area (Å²) in [5, 5.41) is 14.8. The van der Waals surface area contributed by atoms with E-state index in [2.05, 4.69) is 26.4 Å². The lowest BCUT2D eigenvalue weighted by molar-refractivity contribution is 0.0901. The van der Waals surface area contributed by atoms with Crippen LogP contribution in [0.25, 0.3) is 0 Å². The second-order valence-electron chi connectivity index (χ2n) is 5.21. The molecule has 1 aromatic carbocycles. The van der Waals surface area contributed by atoms with Crippen LogP contribution in [0.3, 0.4) is 0 Å². The Labute approximate surface area is 130 Å². The van der Waals surface area contributed by atoms with Gasteiger partial charge in [-0.05, 0) is 31.0 Å². The number of amidine groups is 1. The molecule has 0 spiro atoms. The van der Waals surface area contributed by atoms with Crippen LogP contribution in [-0.4, -0.2) is 22.5 Å². The average molecular weight is 358 g/mol. The molecule has 0 radical (unpaired) electrons. The van der Waals surface area contributed by atoms with Crippen LogP contribution in [0.15, 0.2) is 27.8 Å². The Bertz CT molecular complexity index is 571. The van der Waals surface area contributed by atoms with E-state index in [9.17, 15) is 9.18 Å². The summed E-state index contributed by atoms with van der Waals surface area (Å²) in [7, 11) is 0. The maximum atomic E-state index is 13.8. The molecule has 5 nitrogen and oxygen atoms in total. The van der Waals surface area contributed by atoms with Crippen molar-refractivity contribution in [2.24, 2.45) is 10.9 Å². The number of rotatable bonds is 3. The summed E-state index contributed by atoms with van der Waals surface area (Å²) in [5.74, 6) is -1.21. The number of hydrogen-bond donors (Lipinski definition) is 3. The van der Waals surface area contributed by atoms with Gasteiger partial charge in [0, 0.05) is 4.47 Å². The number of carbonyl (C=O) groups is 1. The Hall–Kier alpha value is -1.63. The molecule has 0 saturated heterocycles. The summed E-state index contributed by atoms with van der Waals surface area (Å²) >= 11 is 3.21. The lowest BCUT2D eigenvalue weighted by Gasteiger charge is -2.36. The average Bonchev–Trinajstić information content (AvgIpc) is 2.49. The smallest absolute Gasteiger partial charge is 0.255 e. The third kappa shape index (κ3) is 3.34. The lowest BCUT2D eigenvalue weighted by atomic mass is 9.80. The summed E-state index contributed by atoms with van der Waals surface area (Å²) in [6.07, 6.45) is 3.89. The van der Waals surface area contributed by atoms with E-state index in [4.69, 9.17) is 10.9 Å². The topological polar surface area (TPSA) is 87.7 Å². The number of halogens is 2. The van der Waals surface area contributed by atoms with Gasteiger partial charge in [0.15, 0.2) is 5.84 Å². The van der Waals surface area contributed by atoms with Gasteiger partial charge in [0.25, 0.3) is 5.91 Å². The zero-order chi connectivity index (χ0) is 15.5. The summed E-state index contributed by atoms with van der Waals surface area (Å²) in [5.41, 5.74) is 4.79. The summed E-state index contributed by atoms with van der Waals surface area (Å²) in [4.78, 5) is 12.3. The van der Waals surface area contributed by atoms with E-state index in [0.29, 0.717) is 17.3 Å². The predicted molar refractivity (Wildman–Crippen MR) is 80.8 cm³/mol. The van der Waals surface area contributed by atoms with Crippen molar-refractivity contribution in [2.45, 2.75) is 37.6 Å². The first-order chi connectivity index (χ1) is 9.98. The molecule has 0 aromatic heterocycles. The van der Waals surface area contributed by atoms with Crippen molar-refractivity contribution < 1.29 is 14.4 Å². The van der Waals surface area contributed by atoms with Crippen LogP contribution in [0.2, 0.25) is 0 Å². The van der Waals surface area contributed by atoms with Crippen molar-refractivity contribution in [3.63, 3.8) is 0 Å². The van der Waals surface area contributed by atoms with Gasteiger partial charge in [-0.3, -0.25) is 4.79 Å². The molecule has 4 N–H and O–H groups in total. The minimum atomic E-state index is -0.904. The summed E-state index contributed by atoms with van der Waals surface area (Å²) < 4.78 is 14.4. The zero-order valence-corrected chi connectivity index (χ0v) is 13.0. The van der Waals surface area contributed by atoms with Crippen LogP contribution >= 0.6 is 15.9 Å². The van der Waals surface area contributed by atoms with E-state index >= 15 is 0 Å². The van der Waals surface area contributed by atoms with Gasteiger partial charge in [-0.25, -0.2) is 4.39 Å². The minimum Gasteiger partial charge on any atom is -0.409 e. The summed E-state index contributed by atoms with van der Waals surface area (Å²) in [6, 6.07) is 4.15. The van der Waals surface area contributed by atoms with Crippen LogP contribution in [-0.2, 0) is 0 Å². The highest BCUT2D eigenvalue weighted by atomic mass is 79.9. The van der Waals surface area contributed by atoms with Crippen LogP contribution in [0.1, 0.15) is 42.5 Å². The molecule has 1 aliphatic carbocycles. The first-order valence-electron chi connectivity index (χ1n) is 6.74. The second kappa shape index (κ2) is 6.43. The summed E-state index contributed by atoms with van der Waals surface area (Å²) in [6.45, 7) is 0. The molecule has 1 saturated carbocycles. The van der Waals surface area contributed by atoms with Gasteiger partial charge in [0.1, 0.15) is 11.4 Å². The molecule has 0 unspecified atom stereocenters. The molecule has 1 amide bonds. The molecule has 2 rings (SSSR count). The Kier molecular flexibility index (Phi) is 4.82. The number of amides is 1. The molecular formula is C14H17BrFN3O2. The molecule has 1 aromatic rings. The normalized spacial score (nSPS) is 18.3. The molecule has 0 atom stereocenters. The van der Waals surface area contributed by atoms with Crippen LogP contribution in [0.5, 0.6) is 0 Å². The molecule has 1 aliphatic rings. The fourth-order valence-electron chi connectivity index (χ4n) is 2.65. The largest absolute Gasteiger partial charge is 0.409 e. The van der Waals surface area contributed by atoms with Crippen LogP contribution < -0.4 is 11.1 Å². The van der Waals surface area contributed by atoms with E-state index < -0.39 is 17.3 Å². The molecule has 1 fully saturated rings. The van der Waals surface area contributed by atoms with Gasteiger partial charge in [0.05, 0.1) is 5.56 Å². The van der Waals surface area contributed by atoms with Crippen molar-refractivity contribution in [2.75, 3.05) is 0 Å². The SMILES string of the molecule is N/C(=N/O)C1(NC(=O)c2cc(Br)ccc2F)CCCCC1. The quantitative estimate of drug-likeness (QED) is 0.336. The number of nitrogens with one attached hydrogen (secondary N) is 1. The highest BCUT2D eigenvalue weighted by Gasteiger charge is 2.38. The van der Waals surface area contributed by atoms with Crippen LogP contribution in [0.4, 0.5) is 4.39 Å². The van der Waals surface area contributed by atoms with E-state index in [-0.39, 0.29) is 11.4 Å². The first-order valence-corrected chi connectivity index (χ1v) is 7.53. The second-order valence-corrected chi connectivity index (χ2v) is 6.12. The Morgan fingerprint density at radius 2 is 2.05 bits per heavy atom. The maximum Gasteiger partial charge on any atom is 0.255 e. The van der Waals surface area contributed by atoms with Gasteiger partial charge in [-0.15, -0.1) is 0 Å². The van der Waals surface area contributed by atoms with Crippen molar-refractivity contribution in [1.29, 1.82) is 0 Å². The molecule has 21 heavy (non-hydrogen) atoms. The highest BCUT2D eigenvalue weighted by molar-refractivity contribution is 9.10. The Morgan fingerprint density at radius 1 is 1.38 bits per heavy atom. The third-order valence-corrected chi connectivity index (χ3v) is 4.32. The fourth-order valence-corrected chi connectivity index (χ4v) is 3.01. The number of nitrogens with two attached hydrogens (primary N) is 1. The van der Waals surface area contributed by atoms with Crippen LogP contribution in [0, 0.1) is 5.82 Å². The van der Waals surface area contributed by atoms with E-state index in [1.54, 1.807) is 0 Å². The first kappa shape index (κ1) is 15.8. The maximum absolute atomic E-state index is 13.8. The van der Waals surface area contributed by atoms with Gasteiger partial charge in [-0.1, -0.05) is 40.3 Å². The number of oxime groups is 1. The number of benzene rings is 1. The van der Waals surface area contributed by atoms with Crippen molar-refractivity contribution in [3.8, 4) is 0 Å². The van der Waals surface area contributed by atoms with Crippen molar-refractivity contribution >= 4 is 27.7 Å². The van der Waals surface area contributed by atoms with Crippen molar-refractivity contribution in [1.82, 2.24) is 5.32 Å². The fraction of sp³-hybridized carbons (Fsp3) is 0.429. The Morgan fingerprint density at radius 3 is 2.67 bits per heavy atom. The Balaban J connectivity index is 2.28. The molecular weight excluding hydrogens is 341 g/mol. The number of carbonyl (C=O) groups excluding carboxylic acids is 1. The number of nitrogens with zero attached hydrogens (tertiary/aromatic N) is 1. The van der Waals surface area contributed by atoms with Gasteiger partial charge in [-0.2, -0.15) is 0 Å². The monoisotopic (exact) mass is 357 g/mol. The van der Waals surface area contributed by atoms with Crippen molar-refractivity contribution in [3.05, 3.63) is 34.1 Å². The molecule has 0 bridgehead atoms. The molecule has 0 heterocycles. The minimum absolute atomic E-state index is 0.0362.